The second kappa shape index (κ2) is 5.91. The number of nitrogens with two attached hydrogens (primary N) is 1. The molecule has 98 valence electrons. The fourth-order valence-electron chi connectivity index (χ4n) is 1.70. The molecule has 0 aliphatic carbocycles. The molecular formula is C13H17FN2OS. The quantitative estimate of drug-likeness (QED) is 0.825. The van der Waals surface area contributed by atoms with Crippen LogP contribution in [0.5, 0.6) is 0 Å². The summed E-state index contributed by atoms with van der Waals surface area (Å²) < 4.78 is 13.1. The van der Waals surface area contributed by atoms with E-state index in [0.29, 0.717) is 11.3 Å². The van der Waals surface area contributed by atoms with Gasteiger partial charge in [-0.3, -0.25) is 4.79 Å². The Bertz CT molecular complexity index is 474. The largest absolute Gasteiger partial charge is 0.393 e. The summed E-state index contributed by atoms with van der Waals surface area (Å²) in [5.74, 6) is -1.07. The molecule has 0 aromatic heterocycles. The number of aryl methyl sites for hydroxylation is 1. The minimum absolute atomic E-state index is 0.0176. The molecule has 0 bridgehead atoms. The summed E-state index contributed by atoms with van der Waals surface area (Å²) in [7, 11) is 0. The molecule has 1 unspecified atom stereocenters. The van der Waals surface area contributed by atoms with Crippen molar-refractivity contribution in [2.45, 2.75) is 20.8 Å². The Morgan fingerprint density at radius 3 is 2.50 bits per heavy atom. The van der Waals surface area contributed by atoms with Crippen LogP contribution in [-0.4, -0.2) is 10.9 Å². The average molecular weight is 268 g/mol. The summed E-state index contributed by atoms with van der Waals surface area (Å²) in [4.78, 5) is 12.2. The first-order chi connectivity index (χ1) is 8.32. The van der Waals surface area contributed by atoms with E-state index in [9.17, 15) is 9.18 Å². The summed E-state index contributed by atoms with van der Waals surface area (Å²) in [6.07, 6.45) is 0. The van der Waals surface area contributed by atoms with Crippen LogP contribution < -0.4 is 11.1 Å². The first-order valence-corrected chi connectivity index (χ1v) is 6.10. The molecule has 3 N–H and O–H groups in total. The van der Waals surface area contributed by atoms with Gasteiger partial charge in [-0.2, -0.15) is 0 Å². The van der Waals surface area contributed by atoms with Gasteiger partial charge in [0.25, 0.3) is 0 Å². The number of hydrogen-bond acceptors (Lipinski definition) is 2. The van der Waals surface area contributed by atoms with Crippen molar-refractivity contribution >= 4 is 28.8 Å². The Balaban J connectivity index is 2.86. The van der Waals surface area contributed by atoms with Gasteiger partial charge in [-0.25, -0.2) is 4.39 Å². The van der Waals surface area contributed by atoms with Crippen molar-refractivity contribution in [1.29, 1.82) is 0 Å². The van der Waals surface area contributed by atoms with E-state index in [1.54, 1.807) is 13.0 Å². The highest BCUT2D eigenvalue weighted by molar-refractivity contribution is 7.80. The number of amides is 1. The first-order valence-electron chi connectivity index (χ1n) is 5.69. The Labute approximate surface area is 112 Å². The third kappa shape index (κ3) is 3.50. The maximum atomic E-state index is 13.1. The Hall–Kier alpha value is -1.49. The smallest absolute Gasteiger partial charge is 0.234 e. The molecule has 0 saturated heterocycles. The third-order valence-corrected chi connectivity index (χ3v) is 2.94. The van der Waals surface area contributed by atoms with Crippen LogP contribution in [0, 0.1) is 24.6 Å². The predicted molar refractivity (Wildman–Crippen MR) is 74.9 cm³/mol. The summed E-state index contributed by atoms with van der Waals surface area (Å²) in [6, 6.07) is 4.40. The van der Waals surface area contributed by atoms with E-state index in [4.69, 9.17) is 18.0 Å². The SMILES string of the molecule is Cc1cc(NC(=O)C(C(N)=S)C(C)C)ccc1F. The van der Waals surface area contributed by atoms with Crippen LogP contribution in [0.15, 0.2) is 18.2 Å². The molecule has 1 aromatic carbocycles. The molecule has 0 aliphatic rings. The number of thiocarbonyl (C=S) groups is 1. The first kappa shape index (κ1) is 14.6. The zero-order valence-electron chi connectivity index (χ0n) is 10.7. The molecule has 0 spiro atoms. The van der Waals surface area contributed by atoms with Gasteiger partial charge >= 0.3 is 0 Å². The van der Waals surface area contributed by atoms with Crippen molar-refractivity contribution < 1.29 is 9.18 Å². The van der Waals surface area contributed by atoms with Crippen molar-refractivity contribution in [3.8, 4) is 0 Å². The molecule has 0 heterocycles. The summed E-state index contributed by atoms with van der Waals surface area (Å²) in [5.41, 5.74) is 6.58. The van der Waals surface area contributed by atoms with E-state index < -0.39 is 5.92 Å². The van der Waals surface area contributed by atoms with Crippen molar-refractivity contribution in [2.24, 2.45) is 17.6 Å². The summed E-state index contributed by atoms with van der Waals surface area (Å²) in [5, 5.41) is 2.70. The molecule has 0 aliphatic heterocycles. The number of halogens is 1. The standard InChI is InChI=1S/C13H17FN2OS/c1-7(2)11(12(15)18)13(17)16-9-4-5-10(14)8(3)6-9/h4-7,11H,1-3H3,(H2,15,18)(H,16,17). The maximum absolute atomic E-state index is 13.1. The van der Waals surface area contributed by atoms with E-state index >= 15 is 0 Å². The lowest BCUT2D eigenvalue weighted by molar-refractivity contribution is -0.118. The molecule has 0 radical (unpaired) electrons. The maximum Gasteiger partial charge on any atom is 0.234 e. The molecule has 1 rings (SSSR count). The Morgan fingerprint density at radius 1 is 1.44 bits per heavy atom. The minimum atomic E-state index is -0.523. The van der Waals surface area contributed by atoms with Crippen LogP contribution in [0.3, 0.4) is 0 Å². The van der Waals surface area contributed by atoms with E-state index in [2.05, 4.69) is 5.32 Å². The van der Waals surface area contributed by atoms with Crippen molar-refractivity contribution in [3.05, 3.63) is 29.6 Å². The second-order valence-corrected chi connectivity index (χ2v) is 5.05. The van der Waals surface area contributed by atoms with Crippen LogP contribution >= 0.6 is 12.2 Å². The van der Waals surface area contributed by atoms with Crippen LogP contribution in [-0.2, 0) is 4.79 Å². The topological polar surface area (TPSA) is 55.1 Å². The molecule has 0 fully saturated rings. The molecule has 1 atom stereocenters. The van der Waals surface area contributed by atoms with Crippen molar-refractivity contribution in [2.75, 3.05) is 5.32 Å². The van der Waals surface area contributed by atoms with Gasteiger partial charge in [0.1, 0.15) is 5.82 Å². The predicted octanol–water partition coefficient (Wildman–Crippen LogP) is 2.63. The summed E-state index contributed by atoms with van der Waals surface area (Å²) in [6.45, 7) is 5.39. The molecule has 5 heteroatoms. The van der Waals surface area contributed by atoms with Crippen LogP contribution in [0.25, 0.3) is 0 Å². The lowest BCUT2D eigenvalue weighted by Crippen LogP contribution is -2.36. The average Bonchev–Trinajstić information content (AvgIpc) is 2.22. The number of hydrogen-bond donors (Lipinski definition) is 2. The fourth-order valence-corrected chi connectivity index (χ4v) is 2.08. The van der Waals surface area contributed by atoms with E-state index in [1.807, 2.05) is 13.8 Å². The number of carbonyl (C=O) groups is 1. The van der Waals surface area contributed by atoms with Gasteiger partial charge in [0.05, 0.1) is 10.9 Å². The van der Waals surface area contributed by atoms with Gasteiger partial charge in [0.15, 0.2) is 0 Å². The number of nitrogens with one attached hydrogen (secondary N) is 1. The second-order valence-electron chi connectivity index (χ2n) is 4.58. The Morgan fingerprint density at radius 2 is 2.06 bits per heavy atom. The van der Waals surface area contributed by atoms with E-state index in [-0.39, 0.29) is 22.6 Å². The molecule has 1 aromatic rings. The van der Waals surface area contributed by atoms with E-state index in [1.165, 1.54) is 12.1 Å². The molecule has 3 nitrogen and oxygen atoms in total. The van der Waals surface area contributed by atoms with Gasteiger partial charge in [-0.1, -0.05) is 26.1 Å². The van der Waals surface area contributed by atoms with Crippen LogP contribution in [0.1, 0.15) is 19.4 Å². The Kier molecular flexibility index (Phi) is 4.78. The molecular weight excluding hydrogens is 251 g/mol. The highest BCUT2D eigenvalue weighted by Gasteiger charge is 2.25. The van der Waals surface area contributed by atoms with Gasteiger partial charge in [0.2, 0.25) is 5.91 Å². The van der Waals surface area contributed by atoms with Crippen LogP contribution in [0.4, 0.5) is 10.1 Å². The van der Waals surface area contributed by atoms with E-state index in [0.717, 1.165) is 0 Å². The lowest BCUT2D eigenvalue weighted by atomic mass is 9.95. The number of anilines is 1. The lowest BCUT2D eigenvalue weighted by Gasteiger charge is -2.19. The number of rotatable bonds is 4. The fraction of sp³-hybridized carbons (Fsp3) is 0.385. The monoisotopic (exact) mass is 268 g/mol. The normalized spacial score (nSPS) is 12.3. The van der Waals surface area contributed by atoms with Crippen molar-refractivity contribution in [3.63, 3.8) is 0 Å². The zero-order chi connectivity index (χ0) is 13.9. The van der Waals surface area contributed by atoms with Crippen molar-refractivity contribution in [1.82, 2.24) is 0 Å². The van der Waals surface area contributed by atoms with Gasteiger partial charge in [-0.15, -0.1) is 0 Å². The summed E-state index contributed by atoms with van der Waals surface area (Å²) >= 11 is 4.89. The van der Waals surface area contributed by atoms with Gasteiger partial charge in [-0.05, 0) is 36.6 Å². The molecule has 1 amide bonds. The van der Waals surface area contributed by atoms with Gasteiger partial charge < -0.3 is 11.1 Å². The highest BCUT2D eigenvalue weighted by atomic mass is 32.1. The van der Waals surface area contributed by atoms with Crippen LogP contribution in [0.2, 0.25) is 0 Å². The highest BCUT2D eigenvalue weighted by Crippen LogP contribution is 2.17. The number of benzene rings is 1. The number of carbonyl (C=O) groups excluding carboxylic acids is 1. The molecule has 18 heavy (non-hydrogen) atoms. The molecule has 0 saturated carbocycles. The van der Waals surface area contributed by atoms with Gasteiger partial charge in [0, 0.05) is 5.69 Å². The third-order valence-electron chi connectivity index (χ3n) is 2.68. The minimum Gasteiger partial charge on any atom is -0.393 e. The zero-order valence-corrected chi connectivity index (χ0v) is 11.5.